The fraction of sp³-hybridized carbons (Fsp3) is 0.390. The van der Waals surface area contributed by atoms with Crippen molar-refractivity contribution in [1.82, 2.24) is 0 Å². The molecule has 1 saturated heterocycles. The van der Waals surface area contributed by atoms with Crippen molar-refractivity contribution in [2.24, 2.45) is 5.92 Å². The number of benzene rings is 4. The summed E-state index contributed by atoms with van der Waals surface area (Å²) >= 11 is 0. The van der Waals surface area contributed by atoms with Crippen LogP contribution in [0.25, 0.3) is 0 Å². The minimum absolute atomic E-state index is 0.0978. The molecule has 267 valence electrons. The van der Waals surface area contributed by atoms with Gasteiger partial charge in [-0.05, 0) is 116 Å². The average molecular weight is 686 g/mol. The van der Waals surface area contributed by atoms with Crippen LogP contribution in [0.15, 0.2) is 72.8 Å². The summed E-state index contributed by atoms with van der Waals surface area (Å²) in [6, 6.07) is 22.7. The molecule has 0 aromatic heterocycles. The van der Waals surface area contributed by atoms with Crippen LogP contribution in [0.5, 0.6) is 34.5 Å². The fourth-order valence-corrected chi connectivity index (χ4v) is 6.44. The highest BCUT2D eigenvalue weighted by Crippen LogP contribution is 2.47. The van der Waals surface area contributed by atoms with E-state index in [1.807, 2.05) is 100 Å². The van der Waals surface area contributed by atoms with Crippen molar-refractivity contribution in [3.05, 3.63) is 113 Å². The van der Waals surface area contributed by atoms with Crippen LogP contribution in [0.4, 0.5) is 0 Å². The van der Waals surface area contributed by atoms with Crippen LogP contribution < -0.4 is 28.4 Å². The zero-order valence-corrected chi connectivity index (χ0v) is 30.3. The van der Waals surface area contributed by atoms with Gasteiger partial charge in [-0.15, -0.1) is 0 Å². The number of aliphatic hydroxyl groups is 2. The molecule has 0 spiro atoms. The Labute approximate surface area is 295 Å². The van der Waals surface area contributed by atoms with Crippen molar-refractivity contribution in [3.8, 4) is 34.5 Å². The zero-order chi connectivity index (χ0) is 36.1. The molecule has 9 nitrogen and oxygen atoms in total. The molecule has 1 unspecified atom stereocenters. The van der Waals surface area contributed by atoms with Crippen molar-refractivity contribution in [3.63, 3.8) is 0 Å². The number of aryl methyl sites for hydroxylation is 2. The summed E-state index contributed by atoms with van der Waals surface area (Å²) in [5.74, 6) is 3.78. The summed E-state index contributed by atoms with van der Waals surface area (Å²) in [7, 11) is 6.45. The minimum Gasteiger partial charge on any atom is -0.496 e. The maximum Gasteiger partial charge on any atom is 0.161 e. The number of rotatable bonds is 14. The Balaban J connectivity index is 1.26. The monoisotopic (exact) mass is 685 g/mol. The quantitative estimate of drug-likeness (QED) is 0.137. The van der Waals surface area contributed by atoms with Crippen LogP contribution in [0, 0.1) is 26.2 Å². The van der Waals surface area contributed by atoms with E-state index in [2.05, 4.69) is 13.3 Å². The third-order valence-electron chi connectivity index (χ3n) is 9.32. The van der Waals surface area contributed by atoms with E-state index >= 15 is 0 Å². The second-order valence-corrected chi connectivity index (χ2v) is 12.8. The molecular formula is C41H49O9. The maximum absolute atomic E-state index is 11.0. The third-order valence-corrected chi connectivity index (χ3v) is 9.32. The van der Waals surface area contributed by atoms with Crippen molar-refractivity contribution in [2.45, 2.75) is 71.2 Å². The first kappa shape index (κ1) is 36.8. The van der Waals surface area contributed by atoms with E-state index in [1.54, 1.807) is 28.4 Å². The van der Waals surface area contributed by atoms with Crippen LogP contribution in [0.3, 0.4) is 0 Å². The number of methoxy groups -OCH3 is 4. The molecule has 4 aromatic rings. The molecule has 4 aromatic carbocycles. The summed E-state index contributed by atoms with van der Waals surface area (Å²) < 4.78 is 41.1. The molecule has 9 heteroatoms. The van der Waals surface area contributed by atoms with E-state index in [1.165, 1.54) is 0 Å². The molecule has 0 aliphatic carbocycles. The van der Waals surface area contributed by atoms with Crippen molar-refractivity contribution in [2.75, 3.05) is 28.4 Å². The standard InChI is InChI=1S/C41H49O9/c1-23-18-29(11-14-32(23)44-6)39(42)26(4)48-34-16-10-28(21-37(34)46-8)36-20-25(3)41(50-36)31-13-17-35(38(22-31)47-9)49-27(5)40(43)30-12-15-33(45-7)24(2)19-30/h10-22,25-27,36,39-43H,1-9H3/t25-,26-,27-,36?,39+,40+,41+/m1/s1. The molecule has 50 heavy (non-hydrogen) atoms. The lowest BCUT2D eigenvalue weighted by molar-refractivity contribution is 0.0369. The second kappa shape index (κ2) is 16.1. The first-order valence-corrected chi connectivity index (χ1v) is 16.8. The lowest BCUT2D eigenvalue weighted by atomic mass is 9.94. The lowest BCUT2D eigenvalue weighted by Crippen LogP contribution is -2.22. The summed E-state index contributed by atoms with van der Waals surface area (Å²) in [6.45, 7) is 9.66. The van der Waals surface area contributed by atoms with Crippen LogP contribution >= 0.6 is 0 Å². The minimum atomic E-state index is -0.850. The highest BCUT2D eigenvalue weighted by molar-refractivity contribution is 5.47. The Kier molecular flexibility index (Phi) is 11.8. The van der Waals surface area contributed by atoms with Gasteiger partial charge in [-0.1, -0.05) is 31.2 Å². The van der Waals surface area contributed by atoms with Gasteiger partial charge >= 0.3 is 0 Å². The lowest BCUT2D eigenvalue weighted by Gasteiger charge is -2.24. The molecule has 2 N–H and O–H groups in total. The van der Waals surface area contributed by atoms with Crippen LogP contribution in [0.1, 0.15) is 78.6 Å². The number of ether oxygens (including phenoxy) is 7. The molecule has 1 heterocycles. The van der Waals surface area contributed by atoms with Gasteiger partial charge in [-0.2, -0.15) is 0 Å². The van der Waals surface area contributed by atoms with Gasteiger partial charge in [-0.25, -0.2) is 0 Å². The molecule has 5 rings (SSSR count). The van der Waals surface area contributed by atoms with E-state index in [-0.39, 0.29) is 18.1 Å². The highest BCUT2D eigenvalue weighted by Gasteiger charge is 2.36. The molecule has 0 amide bonds. The molecule has 0 bridgehead atoms. The molecule has 1 aliphatic heterocycles. The van der Waals surface area contributed by atoms with Crippen LogP contribution in [0.2, 0.25) is 0 Å². The molecule has 1 fully saturated rings. The van der Waals surface area contributed by atoms with E-state index in [4.69, 9.17) is 33.2 Å². The molecule has 1 aliphatic rings. The predicted octanol–water partition coefficient (Wildman–Crippen LogP) is 7.99. The number of hydrogen-bond donors (Lipinski definition) is 2. The molecule has 1 radical (unpaired) electrons. The topological polar surface area (TPSA) is 105 Å². The Morgan fingerprint density at radius 1 is 0.560 bits per heavy atom. The second-order valence-electron chi connectivity index (χ2n) is 12.8. The number of hydrogen-bond acceptors (Lipinski definition) is 9. The van der Waals surface area contributed by atoms with Crippen molar-refractivity contribution < 1.29 is 43.4 Å². The first-order chi connectivity index (χ1) is 24.0. The summed E-state index contributed by atoms with van der Waals surface area (Å²) in [4.78, 5) is 0. The van der Waals surface area contributed by atoms with E-state index in [0.717, 1.165) is 44.9 Å². The fourth-order valence-electron chi connectivity index (χ4n) is 6.44. The summed E-state index contributed by atoms with van der Waals surface area (Å²) in [5, 5.41) is 22.1. The van der Waals surface area contributed by atoms with Gasteiger partial charge in [0.05, 0.1) is 40.6 Å². The normalized spacial score (nSPS) is 19.6. The largest absolute Gasteiger partial charge is 0.496 e. The average Bonchev–Trinajstić information content (AvgIpc) is 3.52. The molecule has 7 atom stereocenters. The molecule has 0 saturated carbocycles. The Bertz CT molecular complexity index is 1750. The maximum atomic E-state index is 11.0. The van der Waals surface area contributed by atoms with E-state index in [0.29, 0.717) is 23.0 Å². The third kappa shape index (κ3) is 7.96. The predicted molar refractivity (Wildman–Crippen MR) is 192 cm³/mol. The van der Waals surface area contributed by atoms with E-state index < -0.39 is 24.4 Å². The van der Waals surface area contributed by atoms with Crippen LogP contribution in [-0.4, -0.2) is 50.9 Å². The van der Waals surface area contributed by atoms with Crippen molar-refractivity contribution in [1.29, 1.82) is 0 Å². The van der Waals surface area contributed by atoms with Crippen molar-refractivity contribution >= 4 is 0 Å². The van der Waals surface area contributed by atoms with Gasteiger partial charge < -0.3 is 43.4 Å². The Morgan fingerprint density at radius 3 is 1.42 bits per heavy atom. The summed E-state index contributed by atoms with van der Waals surface area (Å²) in [5.41, 5.74) is 5.23. The smallest absolute Gasteiger partial charge is 0.161 e. The van der Waals surface area contributed by atoms with Gasteiger partial charge in [0.2, 0.25) is 0 Å². The van der Waals surface area contributed by atoms with Crippen LogP contribution in [-0.2, 0) is 4.74 Å². The zero-order valence-electron chi connectivity index (χ0n) is 30.3. The number of aliphatic hydroxyl groups excluding tert-OH is 2. The Morgan fingerprint density at radius 2 is 0.980 bits per heavy atom. The van der Waals surface area contributed by atoms with Gasteiger partial charge in [0.25, 0.3) is 0 Å². The first-order valence-electron chi connectivity index (χ1n) is 16.8. The van der Waals surface area contributed by atoms with Gasteiger partial charge in [0.1, 0.15) is 35.9 Å². The van der Waals surface area contributed by atoms with E-state index in [9.17, 15) is 10.2 Å². The Hall–Kier alpha value is -4.44. The highest BCUT2D eigenvalue weighted by atomic mass is 16.5. The van der Waals surface area contributed by atoms with Gasteiger partial charge in [0.15, 0.2) is 23.0 Å². The van der Waals surface area contributed by atoms with Gasteiger partial charge in [0, 0.05) is 6.42 Å². The SMILES string of the molecule is COc1ccc([C@@H](O)[C@@H](C)Oc2ccc(C3[CH][C@@H](C)[C@@H](c4ccc(O[C@H](C)[C@H](O)c5ccc(OC)c(C)c5)c(OC)c4)O3)cc2OC)cc1C. The summed E-state index contributed by atoms with van der Waals surface area (Å²) in [6.07, 6.45) is -1.12. The van der Waals surface area contributed by atoms with Gasteiger partial charge in [-0.3, -0.25) is 0 Å². The molecular weight excluding hydrogens is 636 g/mol.